The van der Waals surface area contributed by atoms with Crippen molar-refractivity contribution in [1.82, 2.24) is 9.97 Å². The molecule has 0 radical (unpaired) electrons. The van der Waals surface area contributed by atoms with Gasteiger partial charge in [-0.25, -0.2) is 4.98 Å². The smallest absolute Gasteiger partial charge is 0.112 e. The molecule has 0 saturated carbocycles. The lowest BCUT2D eigenvalue weighted by Gasteiger charge is -2.13. The van der Waals surface area contributed by atoms with E-state index in [9.17, 15) is 5.11 Å². The van der Waals surface area contributed by atoms with Gasteiger partial charge in [-0.1, -0.05) is 18.2 Å². The highest BCUT2D eigenvalue weighted by atomic mass is 79.9. The van der Waals surface area contributed by atoms with Gasteiger partial charge in [0.1, 0.15) is 4.60 Å². The molecule has 0 fully saturated rings. The van der Waals surface area contributed by atoms with Gasteiger partial charge < -0.3 is 5.11 Å². The average Bonchev–Trinajstić information content (AvgIpc) is 2.46. The molecule has 3 rings (SSSR count). The topological polar surface area (TPSA) is 46.0 Å². The Balaban J connectivity index is 2.43. The van der Waals surface area contributed by atoms with Crippen molar-refractivity contribution in [2.45, 2.75) is 6.61 Å². The number of para-hydroxylation sites is 1. The van der Waals surface area contributed by atoms with Crippen molar-refractivity contribution in [3.63, 3.8) is 0 Å². The highest BCUT2D eigenvalue weighted by molar-refractivity contribution is 9.10. The first-order valence-electron chi connectivity index (χ1n) is 5.89. The van der Waals surface area contributed by atoms with Crippen molar-refractivity contribution in [3.8, 4) is 11.1 Å². The van der Waals surface area contributed by atoms with Crippen LogP contribution in [-0.4, -0.2) is 15.1 Å². The van der Waals surface area contributed by atoms with Crippen LogP contribution in [0.3, 0.4) is 0 Å². The van der Waals surface area contributed by atoms with Gasteiger partial charge in [-0.15, -0.1) is 0 Å². The number of nitrogens with zero attached hydrogens (tertiary/aromatic N) is 2. The van der Waals surface area contributed by atoms with Gasteiger partial charge in [-0.2, -0.15) is 0 Å². The fourth-order valence-electron chi connectivity index (χ4n) is 2.21. The van der Waals surface area contributed by atoms with Gasteiger partial charge in [0.15, 0.2) is 0 Å². The number of pyridine rings is 2. The van der Waals surface area contributed by atoms with E-state index in [1.807, 2.05) is 36.4 Å². The lowest BCUT2D eigenvalue weighted by molar-refractivity contribution is 0.281. The van der Waals surface area contributed by atoms with E-state index in [2.05, 4.69) is 25.9 Å². The summed E-state index contributed by atoms with van der Waals surface area (Å²) in [5.41, 5.74) is 3.73. The molecule has 19 heavy (non-hydrogen) atoms. The first-order valence-corrected chi connectivity index (χ1v) is 6.69. The third-order valence-corrected chi connectivity index (χ3v) is 3.73. The Kier molecular flexibility index (Phi) is 3.27. The molecule has 2 aromatic heterocycles. The summed E-state index contributed by atoms with van der Waals surface area (Å²) in [6.07, 6.45) is 3.50. The second-order valence-corrected chi connectivity index (χ2v) is 4.92. The lowest BCUT2D eigenvalue weighted by Crippen LogP contribution is -1.96. The highest BCUT2D eigenvalue weighted by Crippen LogP contribution is 2.34. The number of hydrogen-bond donors (Lipinski definition) is 1. The molecule has 0 bridgehead atoms. The maximum atomic E-state index is 9.63. The first kappa shape index (κ1) is 12.3. The number of halogens is 1. The summed E-state index contributed by atoms with van der Waals surface area (Å²) < 4.78 is 0.681. The van der Waals surface area contributed by atoms with Crippen molar-refractivity contribution in [2.75, 3.05) is 0 Å². The Morgan fingerprint density at radius 1 is 1.05 bits per heavy atom. The second-order valence-electron chi connectivity index (χ2n) is 4.17. The number of aliphatic hydroxyl groups is 1. The third-order valence-electron chi connectivity index (χ3n) is 3.07. The van der Waals surface area contributed by atoms with E-state index in [1.165, 1.54) is 0 Å². The molecule has 0 aliphatic carbocycles. The van der Waals surface area contributed by atoms with E-state index < -0.39 is 0 Å². The molecule has 0 unspecified atom stereocenters. The molecule has 94 valence electrons. The molecule has 0 aliphatic heterocycles. The normalized spacial score (nSPS) is 10.8. The largest absolute Gasteiger partial charge is 0.392 e. The molecule has 3 aromatic rings. The summed E-state index contributed by atoms with van der Waals surface area (Å²) in [7, 11) is 0. The van der Waals surface area contributed by atoms with Crippen LogP contribution in [0.15, 0.2) is 53.4 Å². The zero-order chi connectivity index (χ0) is 13.2. The molecule has 2 heterocycles. The van der Waals surface area contributed by atoms with Crippen LogP contribution in [0.2, 0.25) is 0 Å². The van der Waals surface area contributed by atoms with E-state index in [4.69, 9.17) is 0 Å². The van der Waals surface area contributed by atoms with Gasteiger partial charge in [-0.3, -0.25) is 4.98 Å². The second kappa shape index (κ2) is 5.07. The quantitative estimate of drug-likeness (QED) is 0.736. The molecule has 0 amide bonds. The molecular formula is C15H11BrN2O. The molecule has 0 atom stereocenters. The van der Waals surface area contributed by atoms with Crippen LogP contribution in [0, 0.1) is 0 Å². The van der Waals surface area contributed by atoms with Crippen molar-refractivity contribution < 1.29 is 5.11 Å². The van der Waals surface area contributed by atoms with Gasteiger partial charge in [0.2, 0.25) is 0 Å². The minimum Gasteiger partial charge on any atom is -0.392 e. The molecule has 3 nitrogen and oxygen atoms in total. The molecule has 0 aliphatic rings. The van der Waals surface area contributed by atoms with Crippen LogP contribution in [-0.2, 0) is 6.61 Å². The van der Waals surface area contributed by atoms with E-state index in [0.29, 0.717) is 4.60 Å². The number of hydrogen-bond acceptors (Lipinski definition) is 3. The van der Waals surface area contributed by atoms with E-state index in [1.54, 1.807) is 12.4 Å². The first-order chi connectivity index (χ1) is 9.31. The van der Waals surface area contributed by atoms with E-state index in [0.717, 1.165) is 27.6 Å². The Morgan fingerprint density at radius 3 is 2.53 bits per heavy atom. The fraction of sp³-hybridized carbons (Fsp3) is 0.0667. The van der Waals surface area contributed by atoms with Gasteiger partial charge in [0.05, 0.1) is 12.1 Å². The van der Waals surface area contributed by atoms with Gasteiger partial charge in [0.25, 0.3) is 0 Å². The van der Waals surface area contributed by atoms with Crippen molar-refractivity contribution >= 4 is 26.8 Å². The standard InChI is InChI=1S/C15H11BrN2O/c16-15-12(9-19)14(10-5-7-17-8-6-10)11-3-1-2-4-13(11)18-15/h1-8,19H,9H2. The maximum absolute atomic E-state index is 9.63. The molecule has 0 saturated heterocycles. The van der Waals surface area contributed by atoms with Crippen LogP contribution < -0.4 is 0 Å². The monoisotopic (exact) mass is 314 g/mol. The zero-order valence-electron chi connectivity index (χ0n) is 10.0. The molecule has 1 N–H and O–H groups in total. The van der Waals surface area contributed by atoms with Crippen molar-refractivity contribution in [1.29, 1.82) is 0 Å². The lowest BCUT2D eigenvalue weighted by atomic mass is 9.97. The average molecular weight is 315 g/mol. The summed E-state index contributed by atoms with van der Waals surface area (Å²) in [6, 6.07) is 11.8. The molecule has 1 aromatic carbocycles. The molecule has 4 heteroatoms. The summed E-state index contributed by atoms with van der Waals surface area (Å²) in [5, 5.41) is 10.7. The number of aliphatic hydroxyl groups excluding tert-OH is 1. The van der Waals surface area contributed by atoms with Crippen LogP contribution in [0.25, 0.3) is 22.0 Å². The predicted molar refractivity (Wildman–Crippen MR) is 78.6 cm³/mol. The Morgan fingerprint density at radius 2 is 1.79 bits per heavy atom. The van der Waals surface area contributed by atoms with Crippen LogP contribution in [0.1, 0.15) is 5.56 Å². The Labute approximate surface area is 119 Å². The predicted octanol–water partition coefficient (Wildman–Crippen LogP) is 3.55. The SMILES string of the molecule is OCc1c(Br)nc2ccccc2c1-c1ccncc1. The Bertz CT molecular complexity index is 729. The third kappa shape index (κ3) is 2.13. The highest BCUT2D eigenvalue weighted by Gasteiger charge is 2.14. The van der Waals surface area contributed by atoms with Crippen molar-refractivity contribution in [3.05, 3.63) is 59.0 Å². The molecule has 0 spiro atoms. The summed E-state index contributed by atoms with van der Waals surface area (Å²) in [5.74, 6) is 0. The number of rotatable bonds is 2. The van der Waals surface area contributed by atoms with E-state index >= 15 is 0 Å². The minimum atomic E-state index is -0.0595. The number of aromatic nitrogens is 2. The van der Waals surface area contributed by atoms with Gasteiger partial charge in [-0.05, 0) is 45.3 Å². The zero-order valence-corrected chi connectivity index (χ0v) is 11.6. The summed E-state index contributed by atoms with van der Waals surface area (Å²) in [6.45, 7) is -0.0595. The van der Waals surface area contributed by atoms with Gasteiger partial charge in [0, 0.05) is 23.3 Å². The van der Waals surface area contributed by atoms with Crippen LogP contribution in [0.4, 0.5) is 0 Å². The Hall–Kier alpha value is -1.78. The summed E-state index contributed by atoms with van der Waals surface area (Å²) >= 11 is 3.44. The maximum Gasteiger partial charge on any atom is 0.112 e. The van der Waals surface area contributed by atoms with Crippen molar-refractivity contribution in [2.24, 2.45) is 0 Å². The number of fused-ring (bicyclic) bond motifs is 1. The van der Waals surface area contributed by atoms with Gasteiger partial charge >= 0.3 is 0 Å². The minimum absolute atomic E-state index is 0.0595. The molecular weight excluding hydrogens is 304 g/mol. The van der Waals surface area contributed by atoms with Crippen LogP contribution >= 0.6 is 15.9 Å². The van der Waals surface area contributed by atoms with E-state index in [-0.39, 0.29) is 6.61 Å². The fourth-order valence-corrected chi connectivity index (χ4v) is 2.73. The number of benzene rings is 1. The van der Waals surface area contributed by atoms with Crippen LogP contribution in [0.5, 0.6) is 0 Å². The summed E-state index contributed by atoms with van der Waals surface area (Å²) in [4.78, 5) is 8.51.